The molecule has 1 heterocycles. The van der Waals surface area contributed by atoms with E-state index in [1.165, 1.54) is 11.6 Å². The highest BCUT2D eigenvalue weighted by atomic mass is 79.9. The van der Waals surface area contributed by atoms with Gasteiger partial charge in [-0.05, 0) is 39.0 Å². The van der Waals surface area contributed by atoms with Crippen LogP contribution in [0.5, 0.6) is 0 Å². The molecule has 112 valence electrons. The maximum atomic E-state index is 12.0. The molecule has 0 bridgehead atoms. The van der Waals surface area contributed by atoms with Gasteiger partial charge in [0.2, 0.25) is 0 Å². The van der Waals surface area contributed by atoms with E-state index in [1.807, 2.05) is 39.0 Å². The SMILES string of the molecule is CC(=O)c1nn(CC(=O)OC(C)(C)C)c2cc(Br)ccc12. The van der Waals surface area contributed by atoms with E-state index in [-0.39, 0.29) is 18.3 Å². The molecule has 0 atom stereocenters. The molecule has 0 aliphatic heterocycles. The lowest BCUT2D eigenvalue weighted by Crippen LogP contribution is -2.26. The number of nitrogens with zero attached hydrogens (tertiary/aromatic N) is 2. The van der Waals surface area contributed by atoms with E-state index in [0.717, 1.165) is 15.4 Å². The molecule has 1 aromatic carbocycles. The first-order chi connectivity index (χ1) is 9.67. The van der Waals surface area contributed by atoms with Crippen molar-refractivity contribution in [3.63, 3.8) is 0 Å². The Balaban J connectivity index is 2.42. The molecule has 0 amide bonds. The topological polar surface area (TPSA) is 61.2 Å². The van der Waals surface area contributed by atoms with Crippen LogP contribution in [0.3, 0.4) is 0 Å². The standard InChI is InChI=1S/C15H17BrN2O3/c1-9(19)14-11-6-5-10(16)7-12(11)18(17-14)8-13(20)21-15(2,3)4/h5-7H,8H2,1-4H3. The summed E-state index contributed by atoms with van der Waals surface area (Å²) in [7, 11) is 0. The zero-order valence-corrected chi connectivity index (χ0v) is 14.0. The Morgan fingerprint density at radius 1 is 1.33 bits per heavy atom. The fourth-order valence-electron chi connectivity index (χ4n) is 2.02. The second-order valence-corrected chi connectivity index (χ2v) is 6.73. The van der Waals surface area contributed by atoms with Crippen LogP contribution < -0.4 is 0 Å². The molecule has 0 radical (unpaired) electrons. The first-order valence-electron chi connectivity index (χ1n) is 6.56. The number of hydrogen-bond acceptors (Lipinski definition) is 4. The fourth-order valence-corrected chi connectivity index (χ4v) is 2.37. The van der Waals surface area contributed by atoms with Crippen molar-refractivity contribution in [3.8, 4) is 0 Å². The van der Waals surface area contributed by atoms with E-state index >= 15 is 0 Å². The van der Waals surface area contributed by atoms with Gasteiger partial charge < -0.3 is 4.74 Å². The molecule has 0 N–H and O–H groups in total. The molecule has 2 rings (SSSR count). The predicted octanol–water partition coefficient (Wildman–Crippen LogP) is 3.34. The van der Waals surface area contributed by atoms with Gasteiger partial charge in [0.15, 0.2) is 5.78 Å². The van der Waals surface area contributed by atoms with Gasteiger partial charge in [0.05, 0.1) is 5.52 Å². The lowest BCUT2D eigenvalue weighted by molar-refractivity contribution is -0.155. The summed E-state index contributed by atoms with van der Waals surface area (Å²) < 4.78 is 7.66. The van der Waals surface area contributed by atoms with Gasteiger partial charge in [0.1, 0.15) is 17.8 Å². The smallest absolute Gasteiger partial charge is 0.328 e. The number of ketones is 1. The Bertz CT molecular complexity index is 714. The molecule has 0 unspecified atom stereocenters. The molecule has 0 fully saturated rings. The summed E-state index contributed by atoms with van der Waals surface area (Å²) in [6.45, 7) is 6.86. The summed E-state index contributed by atoms with van der Waals surface area (Å²) in [4.78, 5) is 23.6. The van der Waals surface area contributed by atoms with Crippen molar-refractivity contribution in [1.29, 1.82) is 0 Å². The van der Waals surface area contributed by atoms with Crippen molar-refractivity contribution in [2.24, 2.45) is 0 Å². The molecule has 0 aliphatic rings. The van der Waals surface area contributed by atoms with Gasteiger partial charge in [0.25, 0.3) is 0 Å². The summed E-state index contributed by atoms with van der Waals surface area (Å²) >= 11 is 3.39. The van der Waals surface area contributed by atoms with Crippen molar-refractivity contribution in [2.45, 2.75) is 39.8 Å². The van der Waals surface area contributed by atoms with Crippen molar-refractivity contribution in [3.05, 3.63) is 28.4 Å². The zero-order valence-electron chi connectivity index (χ0n) is 12.4. The molecular weight excluding hydrogens is 336 g/mol. The van der Waals surface area contributed by atoms with Gasteiger partial charge in [-0.3, -0.25) is 14.3 Å². The molecular formula is C15H17BrN2O3. The number of benzene rings is 1. The summed E-state index contributed by atoms with van der Waals surface area (Å²) in [5.74, 6) is -0.521. The van der Waals surface area contributed by atoms with Gasteiger partial charge in [-0.2, -0.15) is 5.10 Å². The fraction of sp³-hybridized carbons (Fsp3) is 0.400. The third kappa shape index (κ3) is 3.69. The number of carbonyl (C=O) groups excluding carboxylic acids is 2. The van der Waals surface area contributed by atoms with Crippen LogP contribution in [0.4, 0.5) is 0 Å². The number of rotatable bonds is 3. The molecule has 6 heteroatoms. The Hall–Kier alpha value is -1.69. The van der Waals surface area contributed by atoms with Crippen LogP contribution in [0.2, 0.25) is 0 Å². The Morgan fingerprint density at radius 2 is 2.00 bits per heavy atom. The van der Waals surface area contributed by atoms with Crippen LogP contribution in [-0.2, 0) is 16.1 Å². The number of fused-ring (bicyclic) bond motifs is 1. The van der Waals surface area contributed by atoms with E-state index in [9.17, 15) is 9.59 Å². The maximum absolute atomic E-state index is 12.0. The molecule has 2 aromatic rings. The highest BCUT2D eigenvalue weighted by molar-refractivity contribution is 9.10. The highest BCUT2D eigenvalue weighted by Crippen LogP contribution is 2.23. The third-order valence-electron chi connectivity index (χ3n) is 2.75. The van der Waals surface area contributed by atoms with Crippen molar-refractivity contribution in [1.82, 2.24) is 9.78 Å². The molecule has 5 nitrogen and oxygen atoms in total. The van der Waals surface area contributed by atoms with Crippen molar-refractivity contribution < 1.29 is 14.3 Å². The first kappa shape index (κ1) is 15.7. The molecule has 0 aliphatic carbocycles. The van der Waals surface area contributed by atoms with Crippen LogP contribution in [0, 0.1) is 0 Å². The largest absolute Gasteiger partial charge is 0.459 e. The minimum absolute atomic E-state index is 0.0303. The maximum Gasteiger partial charge on any atom is 0.328 e. The average Bonchev–Trinajstić information content (AvgIpc) is 2.65. The van der Waals surface area contributed by atoms with Crippen molar-refractivity contribution in [2.75, 3.05) is 0 Å². The van der Waals surface area contributed by atoms with Gasteiger partial charge in [-0.25, -0.2) is 0 Å². The summed E-state index contributed by atoms with van der Waals surface area (Å²) in [5, 5.41) is 4.98. The molecule has 0 saturated heterocycles. The third-order valence-corrected chi connectivity index (χ3v) is 3.24. The average molecular weight is 353 g/mol. The molecule has 0 saturated carbocycles. The lowest BCUT2D eigenvalue weighted by atomic mass is 10.2. The molecule has 21 heavy (non-hydrogen) atoms. The van der Waals surface area contributed by atoms with Gasteiger partial charge in [-0.15, -0.1) is 0 Å². The Morgan fingerprint density at radius 3 is 2.57 bits per heavy atom. The van der Waals surface area contributed by atoms with E-state index < -0.39 is 5.60 Å². The lowest BCUT2D eigenvalue weighted by Gasteiger charge is -2.19. The second kappa shape index (κ2) is 5.60. The van der Waals surface area contributed by atoms with Gasteiger partial charge >= 0.3 is 5.97 Å². The summed E-state index contributed by atoms with van der Waals surface area (Å²) in [6, 6.07) is 5.49. The van der Waals surface area contributed by atoms with E-state index in [0.29, 0.717) is 5.69 Å². The number of esters is 1. The van der Waals surface area contributed by atoms with Crippen molar-refractivity contribution >= 4 is 38.6 Å². The number of aromatic nitrogens is 2. The first-order valence-corrected chi connectivity index (χ1v) is 7.35. The number of Topliss-reactive ketones (excluding diaryl/α,β-unsaturated/α-hetero) is 1. The zero-order chi connectivity index (χ0) is 15.8. The monoisotopic (exact) mass is 352 g/mol. The number of carbonyl (C=O) groups is 2. The summed E-state index contributed by atoms with van der Waals surface area (Å²) in [5.41, 5.74) is 0.533. The van der Waals surface area contributed by atoms with Gasteiger partial charge in [0, 0.05) is 16.8 Å². The quantitative estimate of drug-likeness (QED) is 0.627. The van der Waals surface area contributed by atoms with Gasteiger partial charge in [-0.1, -0.05) is 15.9 Å². The predicted molar refractivity (Wildman–Crippen MR) is 83.3 cm³/mol. The molecule has 0 spiro atoms. The highest BCUT2D eigenvalue weighted by Gasteiger charge is 2.20. The summed E-state index contributed by atoms with van der Waals surface area (Å²) in [6.07, 6.45) is 0. The van der Waals surface area contributed by atoms with Crippen LogP contribution >= 0.6 is 15.9 Å². The Labute approximate surface area is 131 Å². The number of halogens is 1. The van der Waals surface area contributed by atoms with E-state index in [1.54, 1.807) is 0 Å². The normalized spacial score (nSPS) is 11.7. The number of ether oxygens (including phenoxy) is 1. The van der Waals surface area contributed by atoms with E-state index in [4.69, 9.17) is 4.74 Å². The minimum Gasteiger partial charge on any atom is -0.459 e. The van der Waals surface area contributed by atoms with Crippen LogP contribution in [0.1, 0.15) is 38.2 Å². The molecule has 1 aromatic heterocycles. The Kier molecular flexibility index (Phi) is 4.18. The second-order valence-electron chi connectivity index (χ2n) is 5.81. The van der Waals surface area contributed by atoms with E-state index in [2.05, 4.69) is 21.0 Å². The van der Waals surface area contributed by atoms with Crippen LogP contribution in [-0.4, -0.2) is 27.1 Å². The number of hydrogen-bond donors (Lipinski definition) is 0. The van der Waals surface area contributed by atoms with Crippen LogP contribution in [0.25, 0.3) is 10.9 Å². The van der Waals surface area contributed by atoms with Crippen LogP contribution in [0.15, 0.2) is 22.7 Å². The minimum atomic E-state index is -0.552.